The highest BCUT2D eigenvalue weighted by Gasteiger charge is 2.27. The van der Waals surface area contributed by atoms with Crippen molar-refractivity contribution >= 4 is 12.1 Å². The number of ether oxygens (including phenoxy) is 1. The number of rotatable bonds is 7. The Kier molecular flexibility index (Phi) is 6.81. The van der Waals surface area contributed by atoms with Gasteiger partial charge in [-0.15, -0.1) is 0 Å². The molecule has 0 spiro atoms. The zero-order valence-corrected chi connectivity index (χ0v) is 18.3. The van der Waals surface area contributed by atoms with Crippen LogP contribution in [0.25, 0.3) is 11.1 Å². The van der Waals surface area contributed by atoms with Gasteiger partial charge < -0.3 is 9.64 Å². The van der Waals surface area contributed by atoms with E-state index in [1.165, 1.54) is 5.56 Å². The van der Waals surface area contributed by atoms with Crippen LogP contribution in [0.2, 0.25) is 0 Å². The first-order chi connectivity index (χ1) is 15.7. The molecular weight excluding hydrogens is 398 g/mol. The molecule has 0 amide bonds. The van der Waals surface area contributed by atoms with Gasteiger partial charge in [0.2, 0.25) is 5.88 Å². The van der Waals surface area contributed by atoms with Crippen molar-refractivity contribution in [1.29, 1.82) is 5.26 Å². The molecule has 1 aliphatic rings. The van der Waals surface area contributed by atoms with Gasteiger partial charge in [0.25, 0.3) is 0 Å². The molecule has 0 aliphatic carbocycles. The molecule has 1 fully saturated rings. The molecule has 4 rings (SSSR count). The zero-order chi connectivity index (χ0) is 22.3. The molecule has 3 aromatic rings. The van der Waals surface area contributed by atoms with Gasteiger partial charge >= 0.3 is 0 Å². The van der Waals surface area contributed by atoms with Gasteiger partial charge in [-0.3, -0.25) is 4.79 Å². The second-order valence-corrected chi connectivity index (χ2v) is 8.05. The van der Waals surface area contributed by atoms with Crippen molar-refractivity contribution in [3.05, 3.63) is 77.4 Å². The number of anilines is 1. The predicted molar refractivity (Wildman–Crippen MR) is 126 cm³/mol. The summed E-state index contributed by atoms with van der Waals surface area (Å²) in [5, 5.41) is 9.88. The third kappa shape index (κ3) is 4.50. The van der Waals surface area contributed by atoms with E-state index < -0.39 is 0 Å². The summed E-state index contributed by atoms with van der Waals surface area (Å²) < 4.78 is 5.74. The minimum absolute atomic E-state index is 0.292. The molecule has 0 saturated carbocycles. The van der Waals surface area contributed by atoms with Crippen molar-refractivity contribution < 1.29 is 9.53 Å². The van der Waals surface area contributed by atoms with E-state index >= 15 is 0 Å². The maximum atomic E-state index is 12.3. The summed E-state index contributed by atoms with van der Waals surface area (Å²) in [6.07, 6.45) is 3.95. The van der Waals surface area contributed by atoms with Gasteiger partial charge in [-0.25, -0.2) is 0 Å². The van der Waals surface area contributed by atoms with E-state index in [4.69, 9.17) is 4.74 Å². The van der Waals surface area contributed by atoms with Crippen LogP contribution in [0.3, 0.4) is 0 Å². The van der Waals surface area contributed by atoms with Gasteiger partial charge in [0, 0.05) is 18.7 Å². The first-order valence-corrected chi connectivity index (χ1v) is 11.2. The maximum absolute atomic E-state index is 12.3. The molecule has 1 aromatic heterocycles. The molecule has 162 valence electrons. The van der Waals surface area contributed by atoms with E-state index in [0.717, 1.165) is 44.2 Å². The molecular formula is C27H27N3O2. The summed E-state index contributed by atoms with van der Waals surface area (Å²) in [7, 11) is 0. The van der Waals surface area contributed by atoms with Crippen LogP contribution in [0, 0.1) is 17.2 Å². The largest absolute Gasteiger partial charge is 0.477 e. The summed E-state index contributed by atoms with van der Waals surface area (Å²) in [6.45, 7) is 3.90. The van der Waals surface area contributed by atoms with Crippen LogP contribution in [-0.4, -0.2) is 31.0 Å². The molecule has 0 radical (unpaired) electrons. The van der Waals surface area contributed by atoms with Crippen LogP contribution in [0.4, 0.5) is 5.82 Å². The molecule has 1 aliphatic heterocycles. The molecule has 0 unspecified atom stereocenters. The number of hydrogen-bond acceptors (Lipinski definition) is 5. The molecule has 32 heavy (non-hydrogen) atoms. The number of nitriles is 1. The first kappa shape index (κ1) is 21.6. The zero-order valence-electron chi connectivity index (χ0n) is 18.3. The lowest BCUT2D eigenvalue weighted by atomic mass is 9.89. The van der Waals surface area contributed by atoms with E-state index in [-0.39, 0.29) is 0 Å². The summed E-state index contributed by atoms with van der Waals surface area (Å²) in [4.78, 5) is 19.1. The fraction of sp³-hybridized carbons (Fsp3) is 0.296. The Labute approximate surface area is 189 Å². The van der Waals surface area contributed by atoms with Crippen molar-refractivity contribution in [2.45, 2.75) is 26.2 Å². The van der Waals surface area contributed by atoms with Crippen LogP contribution >= 0.6 is 0 Å². The maximum Gasteiger partial charge on any atom is 0.234 e. The number of hydrogen-bond donors (Lipinski definition) is 0. The fourth-order valence-electron chi connectivity index (χ4n) is 4.46. The summed E-state index contributed by atoms with van der Waals surface area (Å²) >= 11 is 0. The van der Waals surface area contributed by atoms with Crippen molar-refractivity contribution in [2.75, 3.05) is 24.6 Å². The fourth-order valence-corrected chi connectivity index (χ4v) is 4.46. The van der Waals surface area contributed by atoms with Gasteiger partial charge in [-0.2, -0.15) is 10.2 Å². The van der Waals surface area contributed by atoms with Gasteiger partial charge in [-0.1, -0.05) is 60.7 Å². The number of carbonyl (C=O) groups is 1. The Hall–Kier alpha value is -3.65. The van der Waals surface area contributed by atoms with Crippen LogP contribution in [-0.2, 0) is 6.42 Å². The topological polar surface area (TPSA) is 66.2 Å². The third-order valence-corrected chi connectivity index (χ3v) is 6.04. The van der Waals surface area contributed by atoms with E-state index in [1.54, 1.807) is 0 Å². The molecule has 2 aromatic carbocycles. The quantitative estimate of drug-likeness (QED) is 0.481. The Morgan fingerprint density at radius 3 is 2.34 bits per heavy atom. The molecule has 5 heteroatoms. The highest BCUT2D eigenvalue weighted by Crippen LogP contribution is 2.38. The normalized spacial score (nSPS) is 14.1. The van der Waals surface area contributed by atoms with E-state index in [9.17, 15) is 10.1 Å². The monoisotopic (exact) mass is 425 g/mol. The number of nitrogens with zero attached hydrogens (tertiary/aromatic N) is 3. The molecule has 0 bridgehead atoms. The Morgan fingerprint density at radius 2 is 1.75 bits per heavy atom. The molecule has 5 nitrogen and oxygen atoms in total. The summed E-state index contributed by atoms with van der Waals surface area (Å²) in [5.74, 6) is 1.51. The second-order valence-electron chi connectivity index (χ2n) is 8.05. The van der Waals surface area contributed by atoms with Crippen molar-refractivity contribution in [3.63, 3.8) is 0 Å². The Balaban J connectivity index is 1.67. The van der Waals surface area contributed by atoms with Crippen molar-refractivity contribution in [3.8, 4) is 23.1 Å². The number of aromatic nitrogens is 1. The van der Waals surface area contributed by atoms with Gasteiger partial charge in [-0.05, 0) is 43.2 Å². The number of piperidine rings is 1. The minimum Gasteiger partial charge on any atom is -0.477 e. The van der Waals surface area contributed by atoms with Crippen LogP contribution in [0.15, 0.2) is 60.7 Å². The Morgan fingerprint density at radius 1 is 1.09 bits per heavy atom. The van der Waals surface area contributed by atoms with Gasteiger partial charge in [0.05, 0.1) is 12.2 Å². The standard InChI is InChI=1S/C27H27N3O2/c1-2-32-27-23(18-28)25(22-11-7-4-8-12-22)24(19-31)26(29-27)30-15-13-21(14-16-30)17-20-9-5-3-6-10-20/h3-12,19,21H,2,13-17H2,1H3. The van der Waals surface area contributed by atoms with Gasteiger partial charge in [0.1, 0.15) is 17.5 Å². The number of benzene rings is 2. The van der Waals surface area contributed by atoms with Crippen LogP contribution < -0.4 is 9.64 Å². The first-order valence-electron chi connectivity index (χ1n) is 11.2. The summed E-state index contributed by atoms with van der Waals surface area (Å²) in [6, 6.07) is 22.3. The SMILES string of the molecule is CCOc1nc(N2CCC(Cc3ccccc3)CC2)c(C=O)c(-c2ccccc2)c1C#N. The Bertz CT molecular complexity index is 1100. The smallest absolute Gasteiger partial charge is 0.234 e. The van der Waals surface area contributed by atoms with Crippen LogP contribution in [0.5, 0.6) is 5.88 Å². The average Bonchev–Trinajstić information content (AvgIpc) is 2.85. The van der Waals surface area contributed by atoms with Crippen molar-refractivity contribution in [2.24, 2.45) is 5.92 Å². The third-order valence-electron chi connectivity index (χ3n) is 6.04. The number of carbonyl (C=O) groups excluding carboxylic acids is 1. The molecule has 1 saturated heterocycles. The average molecular weight is 426 g/mol. The van der Waals surface area contributed by atoms with E-state index in [2.05, 4.69) is 40.2 Å². The van der Waals surface area contributed by atoms with E-state index in [0.29, 0.717) is 40.9 Å². The van der Waals surface area contributed by atoms with Gasteiger partial charge in [0.15, 0.2) is 6.29 Å². The van der Waals surface area contributed by atoms with Crippen molar-refractivity contribution in [1.82, 2.24) is 4.98 Å². The lowest BCUT2D eigenvalue weighted by Gasteiger charge is -2.34. The highest BCUT2D eigenvalue weighted by molar-refractivity contribution is 5.96. The lowest BCUT2D eigenvalue weighted by molar-refractivity contribution is 0.112. The molecule has 2 heterocycles. The molecule has 0 atom stereocenters. The highest BCUT2D eigenvalue weighted by atomic mass is 16.5. The number of aldehydes is 1. The number of pyridine rings is 1. The predicted octanol–water partition coefficient (Wildman–Crippen LogP) is 5.29. The molecule has 0 N–H and O–H groups in total. The van der Waals surface area contributed by atoms with E-state index in [1.807, 2.05) is 43.3 Å². The lowest BCUT2D eigenvalue weighted by Crippen LogP contribution is -2.35. The second kappa shape index (κ2) is 10.1. The minimum atomic E-state index is 0.292. The van der Waals surface area contributed by atoms with Crippen LogP contribution in [0.1, 0.15) is 41.3 Å². The summed E-state index contributed by atoms with van der Waals surface area (Å²) in [5.41, 5.74) is 3.54.